The van der Waals surface area contributed by atoms with Crippen molar-refractivity contribution in [3.63, 3.8) is 0 Å². The van der Waals surface area contributed by atoms with Gasteiger partial charge < -0.3 is 14.8 Å². The summed E-state index contributed by atoms with van der Waals surface area (Å²) >= 11 is 0. The van der Waals surface area contributed by atoms with Gasteiger partial charge in [0.25, 0.3) is 0 Å². The molecule has 0 aliphatic carbocycles. The summed E-state index contributed by atoms with van der Waals surface area (Å²) in [6, 6.07) is 2.80. The minimum atomic E-state index is -0.809. The fraction of sp³-hybridized carbons (Fsp3) is 0.462. The average Bonchev–Trinajstić information content (AvgIpc) is 2.65. The van der Waals surface area contributed by atoms with Gasteiger partial charge in [-0.05, 0) is 25.2 Å². The zero-order valence-electron chi connectivity index (χ0n) is 10.5. The van der Waals surface area contributed by atoms with E-state index in [0.29, 0.717) is 37.2 Å². The molecule has 1 N–H and O–H groups in total. The highest BCUT2D eigenvalue weighted by molar-refractivity contribution is 5.97. The molecule has 0 aromatic heterocycles. The van der Waals surface area contributed by atoms with Crippen molar-refractivity contribution in [2.24, 2.45) is 0 Å². The molecule has 2 heterocycles. The van der Waals surface area contributed by atoms with Crippen molar-refractivity contribution in [1.82, 2.24) is 5.32 Å². The molecular weight excluding hydrogens is 273 g/mol. The normalized spacial score (nSPS) is 19.6. The number of ether oxygens (including phenoxy) is 2. The summed E-state index contributed by atoms with van der Waals surface area (Å²) in [5.41, 5.74) is -0.191. The molecule has 0 atom stereocenters. The maximum atomic E-state index is 14.1. The maximum Gasteiger partial charge on any atom is 0.343 e. The van der Waals surface area contributed by atoms with Crippen LogP contribution in [0.1, 0.15) is 28.8 Å². The molecule has 1 saturated heterocycles. The second-order valence-corrected chi connectivity index (χ2v) is 4.63. The maximum absolute atomic E-state index is 14.1. The van der Waals surface area contributed by atoms with Crippen molar-refractivity contribution < 1.29 is 18.7 Å². The van der Waals surface area contributed by atoms with Crippen LogP contribution in [0.3, 0.4) is 0 Å². The van der Waals surface area contributed by atoms with Crippen LogP contribution in [-0.4, -0.2) is 26.2 Å². The molecule has 1 fully saturated rings. The fourth-order valence-corrected chi connectivity index (χ4v) is 2.84. The number of piperidine rings is 1. The van der Waals surface area contributed by atoms with Crippen molar-refractivity contribution in [2.45, 2.75) is 18.4 Å². The van der Waals surface area contributed by atoms with E-state index in [1.807, 2.05) is 0 Å². The van der Waals surface area contributed by atoms with Crippen molar-refractivity contribution in [1.29, 1.82) is 0 Å². The number of esters is 1. The SMILES string of the molecule is COc1ccc(F)c2c1C(=O)OC21CCNCC1.Cl. The number of hydrogen-bond donors (Lipinski definition) is 1. The first-order chi connectivity index (χ1) is 8.68. The van der Waals surface area contributed by atoms with Gasteiger partial charge >= 0.3 is 5.97 Å². The number of carbonyl (C=O) groups is 1. The van der Waals surface area contributed by atoms with Crippen LogP contribution in [-0.2, 0) is 10.3 Å². The lowest BCUT2D eigenvalue weighted by Crippen LogP contribution is -2.40. The molecule has 6 heteroatoms. The van der Waals surface area contributed by atoms with E-state index in [1.165, 1.54) is 19.2 Å². The largest absolute Gasteiger partial charge is 0.496 e. The first-order valence-corrected chi connectivity index (χ1v) is 5.99. The van der Waals surface area contributed by atoms with Gasteiger partial charge in [0, 0.05) is 18.4 Å². The summed E-state index contributed by atoms with van der Waals surface area (Å²) < 4.78 is 24.7. The average molecular weight is 288 g/mol. The van der Waals surface area contributed by atoms with Gasteiger partial charge in [0.1, 0.15) is 22.7 Å². The zero-order valence-corrected chi connectivity index (χ0v) is 11.3. The third-order valence-corrected chi connectivity index (χ3v) is 3.70. The molecule has 0 saturated carbocycles. The molecule has 0 amide bonds. The van der Waals surface area contributed by atoms with Crippen LogP contribution >= 0.6 is 12.4 Å². The minimum absolute atomic E-state index is 0. The molecule has 104 valence electrons. The Morgan fingerprint density at radius 1 is 1.37 bits per heavy atom. The standard InChI is InChI=1S/C13H14FNO3.ClH/c1-17-9-3-2-8(14)11-10(9)12(16)18-13(11)4-6-15-7-5-13;/h2-3,15H,4-7H2,1H3;1H. The van der Waals surface area contributed by atoms with Gasteiger partial charge in [0.05, 0.1) is 7.11 Å². The Morgan fingerprint density at radius 2 is 2.05 bits per heavy atom. The minimum Gasteiger partial charge on any atom is -0.496 e. The van der Waals surface area contributed by atoms with Crippen LogP contribution in [0, 0.1) is 5.82 Å². The molecule has 2 aliphatic rings. The number of fused-ring (bicyclic) bond motifs is 2. The highest BCUT2D eigenvalue weighted by Gasteiger charge is 2.49. The Kier molecular flexibility index (Phi) is 3.69. The van der Waals surface area contributed by atoms with Gasteiger partial charge in [-0.2, -0.15) is 0 Å². The molecule has 4 nitrogen and oxygen atoms in total. The van der Waals surface area contributed by atoms with Crippen LogP contribution in [0.15, 0.2) is 12.1 Å². The van der Waals surface area contributed by atoms with Crippen molar-refractivity contribution in [3.05, 3.63) is 29.1 Å². The Labute approximate surface area is 116 Å². The van der Waals surface area contributed by atoms with Crippen molar-refractivity contribution >= 4 is 18.4 Å². The number of hydrogen-bond acceptors (Lipinski definition) is 4. The number of nitrogens with one attached hydrogen (secondary N) is 1. The third kappa shape index (κ3) is 1.97. The van der Waals surface area contributed by atoms with Gasteiger partial charge in [-0.25, -0.2) is 9.18 Å². The summed E-state index contributed by atoms with van der Waals surface area (Å²) in [6.45, 7) is 1.42. The van der Waals surface area contributed by atoms with E-state index in [2.05, 4.69) is 5.32 Å². The topological polar surface area (TPSA) is 47.6 Å². The Balaban J connectivity index is 0.00000133. The number of rotatable bonds is 1. The molecule has 0 bridgehead atoms. The Bertz CT molecular complexity index is 515. The Hall–Kier alpha value is -1.33. The predicted octanol–water partition coefficient (Wildman–Crippen LogP) is 2.01. The molecular formula is C13H15ClFNO3. The lowest BCUT2D eigenvalue weighted by Gasteiger charge is -2.33. The van der Waals surface area contributed by atoms with Gasteiger partial charge in [0.2, 0.25) is 0 Å². The van der Waals surface area contributed by atoms with E-state index in [4.69, 9.17) is 9.47 Å². The first-order valence-electron chi connectivity index (χ1n) is 5.99. The monoisotopic (exact) mass is 287 g/mol. The second kappa shape index (κ2) is 4.98. The predicted molar refractivity (Wildman–Crippen MR) is 69.4 cm³/mol. The van der Waals surface area contributed by atoms with Crippen LogP contribution < -0.4 is 10.1 Å². The first kappa shape index (κ1) is 14.1. The molecule has 1 aromatic rings. The Morgan fingerprint density at radius 3 is 2.68 bits per heavy atom. The summed E-state index contributed by atoms with van der Waals surface area (Å²) in [4.78, 5) is 12.0. The third-order valence-electron chi connectivity index (χ3n) is 3.70. The van der Waals surface area contributed by atoms with Crippen molar-refractivity contribution in [3.8, 4) is 5.75 Å². The number of carbonyl (C=O) groups excluding carboxylic acids is 1. The highest BCUT2D eigenvalue weighted by atomic mass is 35.5. The lowest BCUT2D eigenvalue weighted by molar-refractivity contribution is -0.0255. The van der Waals surface area contributed by atoms with Gasteiger partial charge in [-0.1, -0.05) is 0 Å². The highest BCUT2D eigenvalue weighted by Crippen LogP contribution is 2.46. The second-order valence-electron chi connectivity index (χ2n) is 4.63. The molecule has 0 radical (unpaired) electrons. The van der Waals surface area contributed by atoms with Crippen LogP contribution in [0.25, 0.3) is 0 Å². The van der Waals surface area contributed by atoms with Crippen LogP contribution in [0.4, 0.5) is 4.39 Å². The van der Waals surface area contributed by atoms with E-state index < -0.39 is 17.4 Å². The number of halogens is 2. The molecule has 1 spiro atoms. The molecule has 1 aromatic carbocycles. The molecule has 0 unspecified atom stereocenters. The van der Waals surface area contributed by atoms with Crippen LogP contribution in [0.5, 0.6) is 5.75 Å². The lowest BCUT2D eigenvalue weighted by atomic mass is 9.84. The molecule has 2 aliphatic heterocycles. The van der Waals surface area contributed by atoms with Gasteiger partial charge in [-0.15, -0.1) is 12.4 Å². The van der Waals surface area contributed by atoms with E-state index in [9.17, 15) is 9.18 Å². The van der Waals surface area contributed by atoms with Crippen LogP contribution in [0.2, 0.25) is 0 Å². The van der Waals surface area contributed by atoms with Crippen molar-refractivity contribution in [2.75, 3.05) is 20.2 Å². The van der Waals surface area contributed by atoms with E-state index in [0.717, 1.165) is 0 Å². The quantitative estimate of drug-likeness (QED) is 0.803. The summed E-state index contributed by atoms with van der Waals surface area (Å²) in [7, 11) is 1.47. The zero-order chi connectivity index (χ0) is 12.8. The molecule has 19 heavy (non-hydrogen) atoms. The summed E-state index contributed by atoms with van der Waals surface area (Å²) in [6.07, 6.45) is 1.19. The number of benzene rings is 1. The smallest absolute Gasteiger partial charge is 0.343 e. The fourth-order valence-electron chi connectivity index (χ4n) is 2.84. The van der Waals surface area contributed by atoms with E-state index >= 15 is 0 Å². The number of methoxy groups -OCH3 is 1. The van der Waals surface area contributed by atoms with Gasteiger partial charge in [0.15, 0.2) is 0 Å². The van der Waals surface area contributed by atoms with E-state index in [-0.39, 0.29) is 18.0 Å². The summed E-state index contributed by atoms with van der Waals surface area (Å²) in [5.74, 6) is -0.492. The summed E-state index contributed by atoms with van der Waals surface area (Å²) in [5, 5.41) is 3.18. The molecule has 3 rings (SSSR count). The van der Waals surface area contributed by atoms with Gasteiger partial charge in [-0.3, -0.25) is 0 Å². The van der Waals surface area contributed by atoms with E-state index in [1.54, 1.807) is 0 Å².